The van der Waals surface area contributed by atoms with Gasteiger partial charge in [-0.3, -0.25) is 4.79 Å². The maximum absolute atomic E-state index is 13.3. The van der Waals surface area contributed by atoms with Crippen molar-refractivity contribution in [1.29, 1.82) is 0 Å². The first-order chi connectivity index (χ1) is 17.4. The number of aromatic nitrogens is 4. The number of imidazole rings is 1. The summed E-state index contributed by atoms with van der Waals surface area (Å²) in [5.74, 6) is 0.559. The molecule has 186 valence electrons. The number of anilines is 1. The monoisotopic (exact) mass is 526 g/mol. The van der Waals surface area contributed by atoms with Crippen LogP contribution in [-0.4, -0.2) is 55.9 Å². The summed E-state index contributed by atoms with van der Waals surface area (Å²) in [7, 11) is 0. The Morgan fingerprint density at radius 1 is 1.22 bits per heavy atom. The molecule has 1 amide bonds. The van der Waals surface area contributed by atoms with Crippen molar-refractivity contribution >= 4 is 62.8 Å². The molecular formula is C25H24Cl2N6O3. The number of benzene rings is 2. The molecular weight excluding hydrogens is 503 g/mol. The summed E-state index contributed by atoms with van der Waals surface area (Å²) in [5.41, 5.74) is 2.49. The van der Waals surface area contributed by atoms with Crippen LogP contribution >= 0.6 is 23.2 Å². The number of aromatic amines is 1. The number of rotatable bonds is 6. The topological polar surface area (TPSA) is 113 Å². The minimum Gasteiger partial charge on any atom is -0.464 e. The van der Waals surface area contributed by atoms with E-state index in [-0.39, 0.29) is 29.1 Å². The van der Waals surface area contributed by atoms with Crippen LogP contribution in [0.2, 0.25) is 10.0 Å². The van der Waals surface area contributed by atoms with Crippen molar-refractivity contribution in [2.75, 3.05) is 18.5 Å². The number of carbonyl (C=O) groups is 2. The third-order valence-corrected chi connectivity index (χ3v) is 6.80. The van der Waals surface area contributed by atoms with Crippen molar-refractivity contribution < 1.29 is 14.3 Å². The van der Waals surface area contributed by atoms with Gasteiger partial charge in [-0.2, -0.15) is 0 Å². The summed E-state index contributed by atoms with van der Waals surface area (Å²) in [4.78, 5) is 43.9. The van der Waals surface area contributed by atoms with Gasteiger partial charge in [-0.05, 0) is 57.0 Å². The van der Waals surface area contributed by atoms with Crippen molar-refractivity contribution in [2.45, 2.75) is 38.8 Å². The zero-order valence-corrected chi connectivity index (χ0v) is 21.2. The number of halogens is 2. The highest BCUT2D eigenvalue weighted by molar-refractivity contribution is 6.35. The molecule has 0 saturated carbocycles. The normalized spacial score (nSPS) is 16.4. The third kappa shape index (κ3) is 4.56. The number of hydrogen-bond donors (Lipinski definition) is 2. The fourth-order valence-corrected chi connectivity index (χ4v) is 4.89. The Morgan fingerprint density at radius 3 is 2.86 bits per heavy atom. The molecule has 5 rings (SSSR count). The standard InChI is InChI=1S/C25H24Cl2N6O3/c1-3-36-25(35)21-5-4-8-33(21)24(34)15-11-19-16(10-17(15)27)23(29-12-28-19)30-13(2)22-31-18-7-6-14(26)9-20(18)32-22/h6-7,9-13,21H,3-5,8H2,1-2H3,(H,31,32)(H,28,29,30)/t13-,21?/m1/s1. The van der Waals surface area contributed by atoms with Gasteiger partial charge in [-0.1, -0.05) is 23.2 Å². The van der Waals surface area contributed by atoms with E-state index in [1.54, 1.807) is 31.2 Å². The number of carbonyl (C=O) groups excluding carboxylic acids is 2. The van der Waals surface area contributed by atoms with Crippen LogP contribution in [0.3, 0.4) is 0 Å². The number of esters is 1. The smallest absolute Gasteiger partial charge is 0.328 e. The lowest BCUT2D eigenvalue weighted by Crippen LogP contribution is -2.41. The molecule has 3 heterocycles. The van der Waals surface area contributed by atoms with Crippen molar-refractivity contribution in [2.24, 2.45) is 0 Å². The second-order valence-corrected chi connectivity index (χ2v) is 9.47. The third-order valence-electron chi connectivity index (χ3n) is 6.25. The van der Waals surface area contributed by atoms with Gasteiger partial charge in [0.1, 0.15) is 24.0 Å². The molecule has 0 radical (unpaired) electrons. The van der Waals surface area contributed by atoms with Gasteiger partial charge in [-0.25, -0.2) is 19.7 Å². The maximum Gasteiger partial charge on any atom is 0.328 e. The van der Waals surface area contributed by atoms with Gasteiger partial charge in [0.05, 0.1) is 39.8 Å². The van der Waals surface area contributed by atoms with Crippen LogP contribution in [0.15, 0.2) is 36.7 Å². The highest BCUT2D eigenvalue weighted by Gasteiger charge is 2.36. The lowest BCUT2D eigenvalue weighted by Gasteiger charge is -2.23. The van der Waals surface area contributed by atoms with Crippen molar-refractivity contribution in [3.05, 3.63) is 58.1 Å². The zero-order valence-electron chi connectivity index (χ0n) is 19.7. The predicted octanol–water partition coefficient (Wildman–Crippen LogP) is 5.15. The Balaban J connectivity index is 1.42. The molecule has 1 aliphatic rings. The Hall–Kier alpha value is -3.43. The fraction of sp³-hybridized carbons (Fsp3) is 0.320. The minimum absolute atomic E-state index is 0.218. The molecule has 0 bridgehead atoms. The van der Waals surface area contributed by atoms with Gasteiger partial charge in [0.2, 0.25) is 0 Å². The fourth-order valence-electron chi connectivity index (χ4n) is 4.48. The average molecular weight is 527 g/mol. The predicted molar refractivity (Wildman–Crippen MR) is 138 cm³/mol. The molecule has 2 aromatic carbocycles. The highest BCUT2D eigenvalue weighted by Crippen LogP contribution is 2.31. The van der Waals surface area contributed by atoms with E-state index in [9.17, 15) is 9.59 Å². The highest BCUT2D eigenvalue weighted by atomic mass is 35.5. The molecule has 1 fully saturated rings. The molecule has 2 atom stereocenters. The Kier molecular flexibility index (Phi) is 6.68. The average Bonchev–Trinajstić information content (AvgIpc) is 3.51. The summed E-state index contributed by atoms with van der Waals surface area (Å²) < 4.78 is 5.15. The molecule has 36 heavy (non-hydrogen) atoms. The molecule has 1 unspecified atom stereocenters. The quantitative estimate of drug-likeness (QED) is 0.333. The first kappa shape index (κ1) is 24.3. The van der Waals surface area contributed by atoms with Crippen LogP contribution in [0.4, 0.5) is 5.82 Å². The Bertz CT molecular complexity index is 1470. The number of nitrogens with zero attached hydrogens (tertiary/aromatic N) is 4. The summed E-state index contributed by atoms with van der Waals surface area (Å²) in [6.45, 7) is 4.43. The maximum atomic E-state index is 13.3. The van der Waals surface area contributed by atoms with Crippen LogP contribution in [0, 0.1) is 0 Å². The van der Waals surface area contributed by atoms with Gasteiger partial charge >= 0.3 is 5.97 Å². The van der Waals surface area contributed by atoms with Crippen LogP contribution in [0.5, 0.6) is 0 Å². The van der Waals surface area contributed by atoms with E-state index < -0.39 is 12.0 Å². The van der Waals surface area contributed by atoms with Gasteiger partial charge in [0.15, 0.2) is 0 Å². The number of nitrogens with one attached hydrogen (secondary N) is 2. The number of ether oxygens (including phenoxy) is 1. The number of likely N-dealkylation sites (tertiary alicyclic amines) is 1. The van der Waals surface area contributed by atoms with E-state index in [1.807, 2.05) is 13.0 Å². The molecule has 1 aliphatic heterocycles. The van der Waals surface area contributed by atoms with Gasteiger partial charge < -0.3 is 19.9 Å². The summed E-state index contributed by atoms with van der Waals surface area (Å²) in [5, 5.41) is 4.88. The van der Waals surface area contributed by atoms with E-state index in [4.69, 9.17) is 27.9 Å². The Morgan fingerprint density at radius 2 is 2.06 bits per heavy atom. The molecule has 0 spiro atoms. The first-order valence-corrected chi connectivity index (χ1v) is 12.4. The van der Waals surface area contributed by atoms with Crippen LogP contribution in [0.1, 0.15) is 48.9 Å². The van der Waals surface area contributed by atoms with Gasteiger partial charge in [0.25, 0.3) is 5.91 Å². The SMILES string of the molecule is CCOC(=O)C1CCCN1C(=O)c1cc2ncnc(N[C@H](C)c3nc4cc(Cl)ccc4[nH]3)c2cc1Cl. The molecule has 2 aromatic heterocycles. The lowest BCUT2D eigenvalue weighted by molar-refractivity contribution is -0.147. The van der Waals surface area contributed by atoms with E-state index in [0.717, 1.165) is 23.3 Å². The largest absolute Gasteiger partial charge is 0.464 e. The number of hydrogen-bond acceptors (Lipinski definition) is 7. The molecule has 2 N–H and O–H groups in total. The van der Waals surface area contributed by atoms with Crippen molar-refractivity contribution in [3.8, 4) is 0 Å². The van der Waals surface area contributed by atoms with Crippen LogP contribution < -0.4 is 5.32 Å². The van der Waals surface area contributed by atoms with E-state index in [0.29, 0.717) is 34.7 Å². The molecule has 0 aliphatic carbocycles. The van der Waals surface area contributed by atoms with Gasteiger partial charge in [-0.15, -0.1) is 0 Å². The second-order valence-electron chi connectivity index (χ2n) is 8.63. The molecule has 11 heteroatoms. The number of H-pyrrole nitrogens is 1. The molecule has 9 nitrogen and oxygen atoms in total. The van der Waals surface area contributed by atoms with Crippen LogP contribution in [-0.2, 0) is 9.53 Å². The number of amides is 1. The molecule has 1 saturated heterocycles. The zero-order chi connectivity index (χ0) is 25.4. The summed E-state index contributed by atoms with van der Waals surface area (Å²) in [6, 6.07) is 7.98. The van der Waals surface area contributed by atoms with Crippen molar-refractivity contribution in [3.63, 3.8) is 0 Å². The summed E-state index contributed by atoms with van der Waals surface area (Å²) >= 11 is 12.7. The first-order valence-electron chi connectivity index (χ1n) is 11.7. The van der Waals surface area contributed by atoms with E-state index >= 15 is 0 Å². The van der Waals surface area contributed by atoms with E-state index in [1.165, 1.54) is 11.2 Å². The van der Waals surface area contributed by atoms with E-state index in [2.05, 4.69) is 25.3 Å². The molecule has 4 aromatic rings. The van der Waals surface area contributed by atoms with Crippen molar-refractivity contribution in [1.82, 2.24) is 24.8 Å². The van der Waals surface area contributed by atoms with Crippen LogP contribution in [0.25, 0.3) is 21.9 Å². The Labute approximate surface area is 217 Å². The van der Waals surface area contributed by atoms with Gasteiger partial charge in [0, 0.05) is 17.0 Å². The number of fused-ring (bicyclic) bond motifs is 2. The second kappa shape index (κ2) is 9.91. The minimum atomic E-state index is -0.605. The lowest BCUT2D eigenvalue weighted by atomic mass is 10.1. The summed E-state index contributed by atoms with van der Waals surface area (Å²) in [6.07, 6.45) is 2.72.